The molecule has 0 spiro atoms. The molecule has 0 bridgehead atoms. The second-order valence-corrected chi connectivity index (χ2v) is 7.49. The molecular weight excluding hydrogens is 367 g/mol. The Balaban J connectivity index is 1.66. The lowest BCUT2D eigenvalue weighted by Crippen LogP contribution is -1.94. The molecule has 0 fully saturated rings. The van der Waals surface area contributed by atoms with Gasteiger partial charge in [-0.2, -0.15) is 0 Å². The highest BCUT2D eigenvalue weighted by atomic mass is 35.5. The van der Waals surface area contributed by atoms with Crippen molar-refractivity contribution in [1.29, 1.82) is 0 Å². The normalized spacial score (nSPS) is 13.5. The molecule has 0 saturated carbocycles. The van der Waals surface area contributed by atoms with Crippen molar-refractivity contribution in [3.05, 3.63) is 62.5 Å². The minimum atomic E-state index is 0.562. The van der Waals surface area contributed by atoms with Gasteiger partial charge in [-0.05, 0) is 95.6 Å². The molecule has 0 saturated heterocycles. The quantitative estimate of drug-likeness (QED) is 0.605. The molecule has 2 aromatic carbocycles. The van der Waals surface area contributed by atoms with E-state index in [9.17, 15) is 0 Å². The Labute approximate surface area is 155 Å². The number of hydrogen-bond acceptors (Lipinski definition) is 4. The van der Waals surface area contributed by atoms with Crippen LogP contribution in [0.2, 0.25) is 10.0 Å². The van der Waals surface area contributed by atoms with E-state index in [2.05, 4.69) is 16.9 Å². The van der Waals surface area contributed by atoms with Gasteiger partial charge in [0.2, 0.25) is 0 Å². The minimum absolute atomic E-state index is 0.562. The SMILES string of the molecule is NSc1cc2c(cc1NS/C=C/c1ccc(Cl)c(Cl)c1)CCC2. The number of hydrogen-bond donors (Lipinski definition) is 2. The molecule has 1 aliphatic rings. The van der Waals surface area contributed by atoms with E-state index < -0.39 is 0 Å². The standard InChI is InChI=1S/C17H16Cl2N2S2/c18-14-5-4-11(8-15(14)19)6-7-22-21-16-9-12-2-1-3-13(12)10-17(16)23-20/h4-10,21H,1-3,20H2/b7-6+. The van der Waals surface area contributed by atoms with Crippen molar-refractivity contribution in [2.75, 3.05) is 4.72 Å². The van der Waals surface area contributed by atoms with Gasteiger partial charge in [0.25, 0.3) is 0 Å². The van der Waals surface area contributed by atoms with E-state index >= 15 is 0 Å². The van der Waals surface area contributed by atoms with Crippen molar-refractivity contribution in [3.8, 4) is 0 Å². The molecule has 3 N–H and O–H groups in total. The molecule has 0 radical (unpaired) electrons. The van der Waals surface area contributed by atoms with Crippen LogP contribution in [0.4, 0.5) is 5.69 Å². The Morgan fingerprint density at radius 3 is 2.57 bits per heavy atom. The van der Waals surface area contributed by atoms with E-state index in [4.69, 9.17) is 28.3 Å². The number of fused-ring (bicyclic) bond motifs is 1. The first-order chi connectivity index (χ1) is 11.2. The number of nitrogens with one attached hydrogen (secondary N) is 1. The molecule has 23 heavy (non-hydrogen) atoms. The van der Waals surface area contributed by atoms with Crippen LogP contribution in [0, 0.1) is 0 Å². The fourth-order valence-corrected chi connectivity index (χ4v) is 4.01. The first-order valence-corrected chi connectivity index (χ1v) is 9.74. The van der Waals surface area contributed by atoms with E-state index in [0.29, 0.717) is 10.0 Å². The van der Waals surface area contributed by atoms with Crippen LogP contribution in [0.1, 0.15) is 23.1 Å². The summed E-state index contributed by atoms with van der Waals surface area (Å²) in [6.45, 7) is 0. The molecule has 2 nitrogen and oxygen atoms in total. The highest BCUT2D eigenvalue weighted by Crippen LogP contribution is 2.34. The van der Waals surface area contributed by atoms with Crippen LogP contribution in [-0.4, -0.2) is 0 Å². The van der Waals surface area contributed by atoms with Crippen LogP contribution in [0.25, 0.3) is 6.08 Å². The molecular formula is C17H16Cl2N2S2. The van der Waals surface area contributed by atoms with Gasteiger partial charge in [0.15, 0.2) is 0 Å². The van der Waals surface area contributed by atoms with Gasteiger partial charge in [-0.25, -0.2) is 0 Å². The minimum Gasteiger partial charge on any atom is -0.325 e. The highest BCUT2D eigenvalue weighted by molar-refractivity contribution is 8.03. The van der Waals surface area contributed by atoms with Gasteiger partial charge in [-0.15, -0.1) is 0 Å². The monoisotopic (exact) mass is 382 g/mol. The van der Waals surface area contributed by atoms with E-state index in [0.717, 1.165) is 29.0 Å². The van der Waals surface area contributed by atoms with Gasteiger partial charge in [0, 0.05) is 4.90 Å². The fourth-order valence-electron chi connectivity index (χ4n) is 2.60. The van der Waals surface area contributed by atoms with Crippen LogP contribution >= 0.6 is 47.1 Å². The summed E-state index contributed by atoms with van der Waals surface area (Å²) in [4.78, 5) is 1.08. The van der Waals surface area contributed by atoms with Crippen molar-refractivity contribution >= 4 is 58.9 Å². The maximum absolute atomic E-state index is 6.01. The summed E-state index contributed by atoms with van der Waals surface area (Å²) in [6, 6.07) is 10.0. The molecule has 120 valence electrons. The van der Waals surface area contributed by atoms with Gasteiger partial charge in [0.1, 0.15) is 0 Å². The first kappa shape index (κ1) is 17.1. The molecule has 0 unspecified atom stereocenters. The van der Waals surface area contributed by atoms with Crippen LogP contribution in [-0.2, 0) is 12.8 Å². The summed E-state index contributed by atoms with van der Waals surface area (Å²) >= 11 is 14.7. The average molecular weight is 383 g/mol. The summed E-state index contributed by atoms with van der Waals surface area (Å²) in [6.07, 6.45) is 5.54. The summed E-state index contributed by atoms with van der Waals surface area (Å²) in [5.74, 6) is 0. The van der Waals surface area contributed by atoms with Crippen LogP contribution < -0.4 is 9.86 Å². The van der Waals surface area contributed by atoms with E-state index in [-0.39, 0.29) is 0 Å². The van der Waals surface area contributed by atoms with E-state index in [1.54, 1.807) is 6.07 Å². The van der Waals surface area contributed by atoms with Gasteiger partial charge in [-0.1, -0.05) is 29.3 Å². The molecule has 0 atom stereocenters. The molecule has 1 aliphatic carbocycles. The van der Waals surface area contributed by atoms with Gasteiger partial charge in [-0.3, -0.25) is 5.14 Å². The third kappa shape index (κ3) is 4.20. The largest absolute Gasteiger partial charge is 0.325 e. The Hall–Kier alpha value is -0.780. The Bertz CT molecular complexity index is 748. The second kappa shape index (κ2) is 7.86. The third-order valence-corrected chi connectivity index (χ3v) is 5.70. The van der Waals surface area contributed by atoms with Crippen molar-refractivity contribution in [2.45, 2.75) is 24.2 Å². The molecule has 6 heteroatoms. The van der Waals surface area contributed by atoms with Crippen molar-refractivity contribution < 1.29 is 0 Å². The van der Waals surface area contributed by atoms with E-state index in [1.807, 2.05) is 23.6 Å². The van der Waals surface area contributed by atoms with Gasteiger partial charge in [0.05, 0.1) is 15.7 Å². The lowest BCUT2D eigenvalue weighted by molar-refractivity contribution is 0.911. The van der Waals surface area contributed by atoms with Crippen molar-refractivity contribution in [2.24, 2.45) is 5.14 Å². The van der Waals surface area contributed by atoms with Gasteiger partial charge < -0.3 is 4.72 Å². The Morgan fingerprint density at radius 1 is 1.04 bits per heavy atom. The number of anilines is 1. The van der Waals surface area contributed by atoms with Gasteiger partial charge >= 0.3 is 0 Å². The second-order valence-electron chi connectivity index (χ2n) is 5.28. The number of aryl methyl sites for hydroxylation is 2. The average Bonchev–Trinajstić information content (AvgIpc) is 3.01. The number of nitrogens with two attached hydrogens (primary N) is 1. The van der Waals surface area contributed by atoms with Crippen molar-refractivity contribution in [3.63, 3.8) is 0 Å². The molecule has 3 rings (SSSR count). The predicted octanol–water partition coefficient (Wildman–Crippen LogP) is 6.18. The topological polar surface area (TPSA) is 38.0 Å². The zero-order chi connectivity index (χ0) is 16.2. The first-order valence-electron chi connectivity index (χ1n) is 7.23. The summed E-state index contributed by atoms with van der Waals surface area (Å²) in [5.41, 5.74) is 4.94. The molecule has 0 amide bonds. The summed E-state index contributed by atoms with van der Waals surface area (Å²) in [7, 11) is 0. The molecule has 0 heterocycles. The third-order valence-electron chi connectivity index (χ3n) is 3.76. The summed E-state index contributed by atoms with van der Waals surface area (Å²) in [5, 5.41) is 8.91. The maximum atomic E-state index is 6.01. The zero-order valence-corrected chi connectivity index (χ0v) is 15.5. The Morgan fingerprint density at radius 2 is 1.83 bits per heavy atom. The van der Waals surface area contributed by atoms with Crippen molar-refractivity contribution in [1.82, 2.24) is 0 Å². The number of rotatable bonds is 5. The summed E-state index contributed by atoms with van der Waals surface area (Å²) < 4.78 is 3.36. The highest BCUT2D eigenvalue weighted by Gasteiger charge is 2.14. The lowest BCUT2D eigenvalue weighted by Gasteiger charge is -2.11. The van der Waals surface area contributed by atoms with Crippen LogP contribution in [0.5, 0.6) is 0 Å². The molecule has 2 aromatic rings. The zero-order valence-electron chi connectivity index (χ0n) is 12.3. The number of benzene rings is 2. The van der Waals surface area contributed by atoms with Crippen LogP contribution in [0.15, 0.2) is 40.6 Å². The smallest absolute Gasteiger partial charge is 0.0598 e. The van der Waals surface area contributed by atoms with Crippen LogP contribution in [0.3, 0.4) is 0 Å². The fraction of sp³-hybridized carbons (Fsp3) is 0.176. The maximum Gasteiger partial charge on any atom is 0.0598 e. The Kier molecular flexibility index (Phi) is 5.83. The number of halogens is 2. The predicted molar refractivity (Wildman–Crippen MR) is 105 cm³/mol. The lowest BCUT2D eigenvalue weighted by atomic mass is 10.1. The van der Waals surface area contributed by atoms with E-state index in [1.165, 1.54) is 41.4 Å². The molecule has 0 aromatic heterocycles. The molecule has 0 aliphatic heterocycles.